The summed E-state index contributed by atoms with van der Waals surface area (Å²) in [5.41, 5.74) is 3.88. The number of nitrogens with zero attached hydrogens (tertiary/aromatic N) is 1. The van der Waals surface area contributed by atoms with E-state index in [0.717, 1.165) is 16.0 Å². The van der Waals surface area contributed by atoms with Crippen LogP contribution in [0.3, 0.4) is 0 Å². The molecule has 0 saturated carbocycles. The van der Waals surface area contributed by atoms with Crippen LogP contribution >= 0.6 is 34.8 Å². The van der Waals surface area contributed by atoms with Crippen molar-refractivity contribution in [2.45, 2.75) is 13.8 Å². The molecule has 3 aromatic rings. The van der Waals surface area contributed by atoms with Crippen LogP contribution in [0.15, 0.2) is 71.4 Å². The minimum absolute atomic E-state index is 0.0785. The number of aryl methyl sites for hydroxylation is 2. The van der Waals surface area contributed by atoms with Crippen molar-refractivity contribution in [1.29, 1.82) is 0 Å². The van der Waals surface area contributed by atoms with Crippen molar-refractivity contribution in [1.82, 2.24) is 0 Å². The first kappa shape index (κ1) is 23.8. The van der Waals surface area contributed by atoms with E-state index in [1.807, 2.05) is 32.0 Å². The fourth-order valence-electron chi connectivity index (χ4n) is 3.57. The summed E-state index contributed by atoms with van der Waals surface area (Å²) >= 11 is 18.1. The van der Waals surface area contributed by atoms with Gasteiger partial charge in [-0.3, -0.25) is 14.4 Å². The first-order valence-electron chi connectivity index (χ1n) is 10.1. The highest BCUT2D eigenvalue weighted by Gasteiger charge is 2.39. The van der Waals surface area contributed by atoms with E-state index in [1.54, 1.807) is 24.3 Å². The number of hydrogen-bond donors (Lipinski definition) is 2. The summed E-state index contributed by atoms with van der Waals surface area (Å²) in [7, 11) is 0. The summed E-state index contributed by atoms with van der Waals surface area (Å²) in [6, 6.07) is 16.6. The number of hydrogen-bond acceptors (Lipinski definition) is 4. The Bertz CT molecular complexity index is 1350. The zero-order valence-corrected chi connectivity index (χ0v) is 20.3. The molecule has 1 heterocycles. The van der Waals surface area contributed by atoms with Crippen LogP contribution in [0.25, 0.3) is 0 Å². The summed E-state index contributed by atoms with van der Waals surface area (Å²) in [4.78, 5) is 39.1. The predicted octanol–water partition coefficient (Wildman–Crippen LogP) is 6.30. The average molecular weight is 515 g/mol. The first-order valence-corrected chi connectivity index (χ1v) is 11.3. The van der Waals surface area contributed by atoms with Crippen molar-refractivity contribution in [2.24, 2.45) is 0 Å². The fourth-order valence-corrected chi connectivity index (χ4v) is 4.07. The summed E-state index contributed by atoms with van der Waals surface area (Å²) in [5.74, 6) is -1.59. The summed E-state index contributed by atoms with van der Waals surface area (Å²) in [5, 5.41) is 5.98. The van der Waals surface area contributed by atoms with E-state index in [9.17, 15) is 14.4 Å². The Morgan fingerprint density at radius 2 is 1.41 bits per heavy atom. The Hall–Kier alpha value is -3.32. The third-order valence-electron chi connectivity index (χ3n) is 5.08. The van der Waals surface area contributed by atoms with Crippen LogP contribution in [-0.4, -0.2) is 17.7 Å². The average Bonchev–Trinajstić information content (AvgIpc) is 2.98. The Kier molecular flexibility index (Phi) is 6.66. The molecule has 0 saturated heterocycles. The second-order valence-electron chi connectivity index (χ2n) is 7.77. The van der Waals surface area contributed by atoms with Gasteiger partial charge in [0.15, 0.2) is 0 Å². The summed E-state index contributed by atoms with van der Waals surface area (Å²) in [6.07, 6.45) is 0. The molecule has 1 aliphatic heterocycles. The topological polar surface area (TPSA) is 78.5 Å². The number of amides is 3. The molecule has 172 valence electrons. The largest absolute Gasteiger partial charge is 0.350 e. The van der Waals surface area contributed by atoms with Crippen molar-refractivity contribution in [3.63, 3.8) is 0 Å². The molecule has 0 bridgehead atoms. The van der Waals surface area contributed by atoms with E-state index in [-0.39, 0.29) is 27.3 Å². The molecule has 3 aromatic carbocycles. The van der Waals surface area contributed by atoms with E-state index in [0.29, 0.717) is 22.0 Å². The lowest BCUT2D eigenvalue weighted by Gasteiger charge is -2.15. The van der Waals surface area contributed by atoms with Gasteiger partial charge in [-0.25, -0.2) is 4.90 Å². The van der Waals surface area contributed by atoms with E-state index in [4.69, 9.17) is 34.8 Å². The third-order valence-corrected chi connectivity index (χ3v) is 6.17. The van der Waals surface area contributed by atoms with E-state index in [1.165, 1.54) is 18.2 Å². The van der Waals surface area contributed by atoms with Gasteiger partial charge in [-0.1, -0.05) is 40.9 Å². The lowest BCUT2D eigenvalue weighted by Crippen LogP contribution is -2.32. The maximum absolute atomic E-state index is 12.9. The van der Waals surface area contributed by atoms with Crippen LogP contribution in [0, 0.1) is 13.8 Å². The zero-order chi connectivity index (χ0) is 24.6. The molecule has 4 rings (SSSR count). The number of nitrogens with one attached hydrogen (secondary N) is 2. The minimum atomic E-state index is -0.683. The van der Waals surface area contributed by atoms with Gasteiger partial charge in [0.1, 0.15) is 10.7 Å². The van der Waals surface area contributed by atoms with Crippen molar-refractivity contribution >= 4 is 69.6 Å². The maximum Gasteiger partial charge on any atom is 0.283 e. The number of halogens is 3. The molecule has 0 aromatic heterocycles. The number of anilines is 3. The van der Waals surface area contributed by atoms with Gasteiger partial charge in [-0.05, 0) is 79.6 Å². The molecule has 0 fully saturated rings. The van der Waals surface area contributed by atoms with E-state index < -0.39 is 11.8 Å². The normalized spacial score (nSPS) is 13.5. The highest BCUT2D eigenvalue weighted by atomic mass is 35.5. The van der Waals surface area contributed by atoms with Gasteiger partial charge in [0.25, 0.3) is 17.7 Å². The smallest absolute Gasteiger partial charge is 0.283 e. The molecule has 9 heteroatoms. The third kappa shape index (κ3) is 4.80. The SMILES string of the molecule is Cc1cc(C)cc(NC(=O)c2ccc(NC3=C(Cl)C(=O)N(c4ccc(Cl)c(Cl)c4)C3=O)cc2)c1. The molecule has 0 aliphatic carbocycles. The van der Waals surface area contributed by atoms with Gasteiger partial charge in [-0.15, -0.1) is 0 Å². The second kappa shape index (κ2) is 9.50. The second-order valence-corrected chi connectivity index (χ2v) is 8.96. The Morgan fingerprint density at radius 1 is 0.765 bits per heavy atom. The number of rotatable bonds is 5. The Labute approximate surface area is 211 Å². The molecular weight excluding hydrogens is 497 g/mol. The first-order chi connectivity index (χ1) is 16.1. The standard InChI is InChI=1S/C25H18Cl3N3O3/c1-13-9-14(2)11-17(10-13)30-23(32)15-3-5-16(6-4-15)29-22-21(28)24(33)31(25(22)34)18-7-8-19(26)20(27)12-18/h3-12,29H,1-2H3,(H,30,32). The van der Waals surface area contributed by atoms with Gasteiger partial charge in [-0.2, -0.15) is 0 Å². The summed E-state index contributed by atoms with van der Waals surface area (Å²) in [6.45, 7) is 3.92. The lowest BCUT2D eigenvalue weighted by atomic mass is 10.1. The lowest BCUT2D eigenvalue weighted by molar-refractivity contribution is -0.120. The molecule has 0 unspecified atom stereocenters. The van der Waals surface area contributed by atoms with Gasteiger partial charge < -0.3 is 10.6 Å². The highest BCUT2D eigenvalue weighted by molar-refractivity contribution is 6.53. The number of carbonyl (C=O) groups excluding carboxylic acids is 3. The predicted molar refractivity (Wildman–Crippen MR) is 136 cm³/mol. The van der Waals surface area contributed by atoms with Crippen molar-refractivity contribution in [3.05, 3.63) is 98.1 Å². The van der Waals surface area contributed by atoms with Gasteiger partial charge >= 0.3 is 0 Å². The maximum atomic E-state index is 12.9. The number of imide groups is 1. The molecule has 3 amide bonds. The molecule has 0 spiro atoms. The number of carbonyl (C=O) groups is 3. The molecule has 0 atom stereocenters. The quantitative estimate of drug-likeness (QED) is 0.392. The van der Waals surface area contributed by atoms with E-state index >= 15 is 0 Å². The van der Waals surface area contributed by atoms with Crippen molar-refractivity contribution in [3.8, 4) is 0 Å². The van der Waals surface area contributed by atoms with Gasteiger partial charge in [0.05, 0.1) is 15.7 Å². The molecule has 2 N–H and O–H groups in total. The zero-order valence-electron chi connectivity index (χ0n) is 18.1. The van der Waals surface area contributed by atoms with Gasteiger partial charge in [0, 0.05) is 16.9 Å². The molecule has 1 aliphatic rings. The van der Waals surface area contributed by atoms with Crippen molar-refractivity contribution in [2.75, 3.05) is 15.5 Å². The minimum Gasteiger partial charge on any atom is -0.350 e. The number of benzene rings is 3. The van der Waals surface area contributed by atoms with Crippen LogP contribution in [0.5, 0.6) is 0 Å². The highest BCUT2D eigenvalue weighted by Crippen LogP contribution is 2.33. The molecular formula is C25H18Cl3N3O3. The van der Waals surface area contributed by atoms with Crippen LogP contribution in [-0.2, 0) is 9.59 Å². The Morgan fingerprint density at radius 3 is 2.03 bits per heavy atom. The molecule has 34 heavy (non-hydrogen) atoms. The van der Waals surface area contributed by atoms with E-state index in [2.05, 4.69) is 10.6 Å². The monoisotopic (exact) mass is 513 g/mol. The van der Waals surface area contributed by atoms with Crippen LogP contribution in [0.2, 0.25) is 10.0 Å². The van der Waals surface area contributed by atoms with Gasteiger partial charge in [0.2, 0.25) is 0 Å². The molecule has 0 radical (unpaired) electrons. The van der Waals surface area contributed by atoms with Crippen LogP contribution in [0.1, 0.15) is 21.5 Å². The van der Waals surface area contributed by atoms with Crippen LogP contribution < -0.4 is 15.5 Å². The molecule has 6 nitrogen and oxygen atoms in total. The van der Waals surface area contributed by atoms with Crippen molar-refractivity contribution < 1.29 is 14.4 Å². The summed E-state index contributed by atoms with van der Waals surface area (Å²) < 4.78 is 0. The van der Waals surface area contributed by atoms with Crippen LogP contribution in [0.4, 0.5) is 17.1 Å². The Balaban J connectivity index is 1.49. The fraction of sp³-hybridized carbons (Fsp3) is 0.0800.